The number of nitrogens with one attached hydrogen (secondary N) is 3. The average molecular weight is 361 g/mol. The van der Waals surface area contributed by atoms with Gasteiger partial charge >= 0.3 is 0 Å². The third-order valence-corrected chi connectivity index (χ3v) is 4.90. The van der Waals surface area contributed by atoms with Crippen molar-refractivity contribution in [2.75, 3.05) is 20.1 Å². The van der Waals surface area contributed by atoms with Crippen LogP contribution >= 0.6 is 0 Å². The van der Waals surface area contributed by atoms with Gasteiger partial charge in [-0.2, -0.15) is 0 Å². The fraction of sp³-hybridized carbons (Fsp3) is 0.294. The minimum Gasteiger partial charge on any atom is -0.355 e. The summed E-state index contributed by atoms with van der Waals surface area (Å²) in [5.41, 5.74) is 1.91. The maximum absolute atomic E-state index is 12.2. The maximum Gasteiger partial charge on any atom is 0.240 e. The fourth-order valence-electron chi connectivity index (χ4n) is 2.06. The van der Waals surface area contributed by atoms with Crippen molar-refractivity contribution >= 4 is 16.0 Å². The van der Waals surface area contributed by atoms with Gasteiger partial charge in [0.2, 0.25) is 10.0 Å². The van der Waals surface area contributed by atoms with Crippen LogP contribution in [0.2, 0.25) is 0 Å². The van der Waals surface area contributed by atoms with Gasteiger partial charge in [-0.25, -0.2) is 13.1 Å². The molecule has 0 spiro atoms. The molecule has 1 aromatic carbocycles. The molecule has 0 amide bonds. The number of rotatable bonds is 7. The number of sulfonamides is 1. The second-order valence-corrected chi connectivity index (χ2v) is 7.15. The van der Waals surface area contributed by atoms with Crippen LogP contribution in [-0.4, -0.2) is 39.5 Å². The highest BCUT2D eigenvalue weighted by atomic mass is 32.2. The van der Waals surface area contributed by atoms with Crippen molar-refractivity contribution in [3.63, 3.8) is 0 Å². The lowest BCUT2D eigenvalue weighted by Crippen LogP contribution is -2.41. The van der Waals surface area contributed by atoms with Crippen LogP contribution in [0.5, 0.6) is 0 Å². The van der Waals surface area contributed by atoms with Crippen molar-refractivity contribution in [3.05, 3.63) is 59.9 Å². The summed E-state index contributed by atoms with van der Waals surface area (Å²) < 4.78 is 26.9. The van der Waals surface area contributed by atoms with Gasteiger partial charge in [0.15, 0.2) is 5.96 Å². The molecule has 1 heterocycles. The molecule has 2 rings (SSSR count). The highest BCUT2D eigenvalue weighted by Gasteiger charge is 2.12. The molecule has 0 aliphatic carbocycles. The zero-order chi connectivity index (χ0) is 18.1. The Morgan fingerprint density at radius 3 is 2.48 bits per heavy atom. The van der Waals surface area contributed by atoms with E-state index in [9.17, 15) is 8.42 Å². The van der Waals surface area contributed by atoms with Gasteiger partial charge in [0.05, 0.1) is 17.1 Å². The lowest BCUT2D eigenvalue weighted by atomic mass is 10.2. The van der Waals surface area contributed by atoms with Crippen molar-refractivity contribution in [1.29, 1.82) is 0 Å². The van der Waals surface area contributed by atoms with E-state index < -0.39 is 10.0 Å². The minimum absolute atomic E-state index is 0.250. The summed E-state index contributed by atoms with van der Waals surface area (Å²) >= 11 is 0. The van der Waals surface area contributed by atoms with E-state index in [-0.39, 0.29) is 11.4 Å². The summed E-state index contributed by atoms with van der Waals surface area (Å²) in [6, 6.07) is 12.4. The molecule has 2 aromatic rings. The summed E-state index contributed by atoms with van der Waals surface area (Å²) in [7, 11) is -1.84. The van der Waals surface area contributed by atoms with E-state index in [2.05, 4.69) is 25.3 Å². The molecular weight excluding hydrogens is 338 g/mol. The number of benzene rings is 1. The number of hydrogen-bond acceptors (Lipinski definition) is 4. The largest absolute Gasteiger partial charge is 0.355 e. The van der Waals surface area contributed by atoms with E-state index in [1.165, 1.54) is 0 Å². The highest BCUT2D eigenvalue weighted by Crippen LogP contribution is 2.09. The quantitative estimate of drug-likeness (QED) is 0.389. The fourth-order valence-corrected chi connectivity index (χ4v) is 3.10. The zero-order valence-corrected chi connectivity index (χ0v) is 15.2. The Balaban J connectivity index is 1.76. The van der Waals surface area contributed by atoms with Crippen molar-refractivity contribution in [3.8, 4) is 0 Å². The van der Waals surface area contributed by atoms with Gasteiger partial charge in [-0.3, -0.25) is 9.98 Å². The van der Waals surface area contributed by atoms with Gasteiger partial charge in [0.25, 0.3) is 0 Å². The number of aryl methyl sites for hydroxylation is 1. The first-order valence-electron chi connectivity index (χ1n) is 7.92. The Kier molecular flexibility index (Phi) is 6.91. The number of aliphatic imine (C=N–C) groups is 1. The molecule has 0 radical (unpaired) electrons. The van der Waals surface area contributed by atoms with Crippen LogP contribution in [0.25, 0.3) is 0 Å². The molecule has 134 valence electrons. The van der Waals surface area contributed by atoms with Gasteiger partial charge in [0, 0.05) is 26.3 Å². The van der Waals surface area contributed by atoms with Crippen molar-refractivity contribution in [2.45, 2.75) is 18.4 Å². The molecule has 1 aromatic heterocycles. The van der Waals surface area contributed by atoms with Crippen LogP contribution in [0.4, 0.5) is 0 Å². The SMILES string of the molecule is CN=C(NCCNS(=O)(=O)c1ccc(C)cc1)NCc1ccccn1. The maximum atomic E-state index is 12.2. The molecule has 0 bridgehead atoms. The molecule has 8 heteroatoms. The summed E-state index contributed by atoms with van der Waals surface area (Å²) in [6.07, 6.45) is 1.73. The molecule has 0 atom stereocenters. The second-order valence-electron chi connectivity index (χ2n) is 5.38. The average Bonchev–Trinajstić information content (AvgIpc) is 2.62. The second kappa shape index (κ2) is 9.14. The topological polar surface area (TPSA) is 95.5 Å². The predicted molar refractivity (Wildman–Crippen MR) is 98.8 cm³/mol. The summed E-state index contributed by atoms with van der Waals surface area (Å²) in [6.45, 7) is 3.11. The third kappa shape index (κ3) is 6.17. The summed E-state index contributed by atoms with van der Waals surface area (Å²) in [4.78, 5) is 8.57. The summed E-state index contributed by atoms with van der Waals surface area (Å²) in [5, 5.41) is 6.18. The van der Waals surface area contributed by atoms with E-state index in [0.717, 1.165) is 11.3 Å². The lowest BCUT2D eigenvalue weighted by molar-refractivity contribution is 0.580. The number of hydrogen-bond donors (Lipinski definition) is 3. The minimum atomic E-state index is -3.50. The van der Waals surface area contributed by atoms with Crippen LogP contribution in [0.3, 0.4) is 0 Å². The Labute approximate surface area is 148 Å². The first-order chi connectivity index (χ1) is 12.0. The third-order valence-electron chi connectivity index (χ3n) is 3.43. The first-order valence-corrected chi connectivity index (χ1v) is 9.40. The molecule has 0 aliphatic rings. The molecule has 3 N–H and O–H groups in total. The van der Waals surface area contributed by atoms with E-state index in [0.29, 0.717) is 19.0 Å². The van der Waals surface area contributed by atoms with Gasteiger partial charge in [-0.05, 0) is 31.2 Å². The van der Waals surface area contributed by atoms with E-state index in [1.54, 1.807) is 37.5 Å². The molecule has 0 unspecified atom stereocenters. The first kappa shape index (κ1) is 18.9. The molecule has 0 saturated carbocycles. The van der Waals surface area contributed by atoms with Gasteiger partial charge in [-0.1, -0.05) is 23.8 Å². The van der Waals surface area contributed by atoms with Crippen LogP contribution < -0.4 is 15.4 Å². The van der Waals surface area contributed by atoms with Crippen molar-refractivity contribution in [1.82, 2.24) is 20.3 Å². The van der Waals surface area contributed by atoms with Crippen molar-refractivity contribution < 1.29 is 8.42 Å². The standard InChI is InChI=1S/C17H23N5O2S/c1-14-6-8-16(9-7-14)25(23,24)22-12-11-20-17(18-2)21-13-15-5-3-4-10-19-15/h3-10,22H,11-13H2,1-2H3,(H2,18,20,21). The molecule has 7 nitrogen and oxygen atoms in total. The van der Waals surface area contributed by atoms with Crippen LogP contribution in [0, 0.1) is 6.92 Å². The molecule has 0 fully saturated rings. The zero-order valence-electron chi connectivity index (χ0n) is 14.4. The predicted octanol–water partition coefficient (Wildman–Crippen LogP) is 1.03. The Morgan fingerprint density at radius 2 is 1.84 bits per heavy atom. The van der Waals surface area contributed by atoms with Gasteiger partial charge in [-0.15, -0.1) is 0 Å². The lowest BCUT2D eigenvalue weighted by Gasteiger charge is -2.12. The number of pyridine rings is 1. The molecule has 25 heavy (non-hydrogen) atoms. The molecule has 0 saturated heterocycles. The normalized spacial score (nSPS) is 12.0. The van der Waals surface area contributed by atoms with E-state index >= 15 is 0 Å². The Hall–Kier alpha value is -2.45. The van der Waals surface area contributed by atoms with Gasteiger partial charge < -0.3 is 10.6 Å². The van der Waals surface area contributed by atoms with Crippen LogP contribution in [0.15, 0.2) is 58.5 Å². The monoisotopic (exact) mass is 361 g/mol. The van der Waals surface area contributed by atoms with Crippen LogP contribution in [0.1, 0.15) is 11.3 Å². The van der Waals surface area contributed by atoms with Crippen LogP contribution in [-0.2, 0) is 16.6 Å². The molecular formula is C17H23N5O2S. The molecule has 0 aliphatic heterocycles. The Bertz CT molecular complexity index is 790. The highest BCUT2D eigenvalue weighted by molar-refractivity contribution is 7.89. The Morgan fingerprint density at radius 1 is 1.08 bits per heavy atom. The van der Waals surface area contributed by atoms with E-state index in [1.807, 2.05) is 25.1 Å². The smallest absolute Gasteiger partial charge is 0.240 e. The van der Waals surface area contributed by atoms with Gasteiger partial charge in [0.1, 0.15) is 0 Å². The summed E-state index contributed by atoms with van der Waals surface area (Å²) in [5.74, 6) is 0.584. The van der Waals surface area contributed by atoms with E-state index in [4.69, 9.17) is 0 Å². The van der Waals surface area contributed by atoms with Crippen molar-refractivity contribution in [2.24, 2.45) is 4.99 Å². The number of aromatic nitrogens is 1. The number of nitrogens with zero attached hydrogens (tertiary/aromatic N) is 2. The number of guanidine groups is 1.